The Morgan fingerprint density at radius 3 is 2.40 bits per heavy atom. The van der Waals surface area contributed by atoms with Crippen molar-refractivity contribution in [2.24, 2.45) is 5.92 Å². The molecule has 0 radical (unpaired) electrons. The second-order valence-corrected chi connectivity index (χ2v) is 6.12. The molecular weight excluding hydrogens is 269 g/mol. The van der Waals surface area contributed by atoms with Crippen LogP contribution in [0.5, 0.6) is 0 Å². The lowest BCUT2D eigenvalue weighted by Gasteiger charge is -2.19. The molecule has 1 fully saturated rings. The van der Waals surface area contributed by atoms with Crippen LogP contribution in [0.2, 0.25) is 0 Å². The highest BCUT2D eigenvalue weighted by Gasteiger charge is 2.56. The van der Waals surface area contributed by atoms with E-state index in [2.05, 4.69) is 0 Å². The zero-order chi connectivity index (χ0) is 15.1. The molecule has 5 heteroatoms. The number of carbonyl (C=O) groups is 1. The van der Waals surface area contributed by atoms with Crippen molar-refractivity contribution in [3.05, 3.63) is 35.4 Å². The maximum atomic E-state index is 12.6. The Labute approximate surface area is 115 Å². The Morgan fingerprint density at radius 1 is 1.25 bits per heavy atom. The van der Waals surface area contributed by atoms with Crippen molar-refractivity contribution in [3.63, 3.8) is 0 Å². The molecule has 0 saturated heterocycles. The van der Waals surface area contributed by atoms with Gasteiger partial charge >= 0.3 is 12.1 Å². The fourth-order valence-electron chi connectivity index (χ4n) is 2.16. The van der Waals surface area contributed by atoms with Crippen molar-refractivity contribution in [1.82, 2.24) is 0 Å². The third-order valence-corrected chi connectivity index (χ3v) is 3.16. The van der Waals surface area contributed by atoms with E-state index in [-0.39, 0.29) is 6.42 Å². The summed E-state index contributed by atoms with van der Waals surface area (Å²) in [6, 6.07) is 6.29. The van der Waals surface area contributed by atoms with E-state index in [0.29, 0.717) is 11.1 Å². The van der Waals surface area contributed by atoms with E-state index in [0.717, 1.165) is 0 Å². The minimum Gasteiger partial charge on any atom is -0.456 e. The molecule has 2 nitrogen and oxygen atoms in total. The molecule has 0 heterocycles. The van der Waals surface area contributed by atoms with Gasteiger partial charge in [0.1, 0.15) is 5.60 Å². The second kappa shape index (κ2) is 4.79. The smallest absolute Gasteiger partial charge is 0.392 e. The summed E-state index contributed by atoms with van der Waals surface area (Å²) in [5.41, 5.74) is 0.224. The fourth-order valence-corrected chi connectivity index (χ4v) is 2.16. The third-order valence-electron chi connectivity index (χ3n) is 3.16. The van der Waals surface area contributed by atoms with Gasteiger partial charge in [-0.15, -0.1) is 0 Å². The van der Waals surface area contributed by atoms with Crippen molar-refractivity contribution in [2.75, 3.05) is 0 Å². The number of alkyl halides is 3. The second-order valence-electron chi connectivity index (χ2n) is 6.12. The quantitative estimate of drug-likeness (QED) is 0.757. The maximum Gasteiger partial charge on any atom is 0.392 e. The van der Waals surface area contributed by atoms with Gasteiger partial charge in [-0.05, 0) is 50.8 Å². The van der Waals surface area contributed by atoms with Crippen LogP contribution in [0.15, 0.2) is 24.3 Å². The van der Waals surface area contributed by atoms with Crippen LogP contribution in [0.25, 0.3) is 0 Å². The summed E-state index contributed by atoms with van der Waals surface area (Å²) in [6.07, 6.45) is -4.06. The summed E-state index contributed by atoms with van der Waals surface area (Å²) >= 11 is 0. The van der Waals surface area contributed by atoms with Crippen LogP contribution in [0.1, 0.15) is 49.0 Å². The Bertz CT molecular complexity index is 515. The third kappa shape index (κ3) is 3.52. The first-order chi connectivity index (χ1) is 9.08. The van der Waals surface area contributed by atoms with Crippen molar-refractivity contribution in [2.45, 2.75) is 44.9 Å². The van der Waals surface area contributed by atoms with E-state index in [9.17, 15) is 18.0 Å². The maximum absolute atomic E-state index is 12.6. The Morgan fingerprint density at radius 2 is 1.90 bits per heavy atom. The largest absolute Gasteiger partial charge is 0.456 e. The van der Waals surface area contributed by atoms with Gasteiger partial charge in [-0.2, -0.15) is 13.2 Å². The van der Waals surface area contributed by atoms with Crippen molar-refractivity contribution in [1.29, 1.82) is 0 Å². The van der Waals surface area contributed by atoms with E-state index in [1.54, 1.807) is 39.0 Å². The van der Waals surface area contributed by atoms with Crippen LogP contribution in [-0.4, -0.2) is 17.7 Å². The topological polar surface area (TPSA) is 26.3 Å². The van der Waals surface area contributed by atoms with Gasteiger partial charge in [-0.3, -0.25) is 0 Å². The number of esters is 1. The van der Waals surface area contributed by atoms with E-state index < -0.39 is 29.6 Å². The van der Waals surface area contributed by atoms with Crippen LogP contribution in [0, 0.1) is 5.92 Å². The summed E-state index contributed by atoms with van der Waals surface area (Å²) in [5.74, 6) is -2.32. The monoisotopic (exact) mass is 286 g/mol. The lowest BCUT2D eigenvalue weighted by molar-refractivity contribution is -0.148. The number of rotatable bonds is 2. The summed E-state index contributed by atoms with van der Waals surface area (Å²) in [5, 5.41) is 0. The summed E-state index contributed by atoms with van der Waals surface area (Å²) in [7, 11) is 0. The van der Waals surface area contributed by atoms with E-state index in [1.807, 2.05) is 0 Å². The summed E-state index contributed by atoms with van der Waals surface area (Å²) in [4.78, 5) is 11.9. The molecule has 2 rings (SSSR count). The molecule has 1 saturated carbocycles. The van der Waals surface area contributed by atoms with Gasteiger partial charge in [-0.1, -0.05) is 12.1 Å². The van der Waals surface area contributed by atoms with Crippen molar-refractivity contribution < 1.29 is 22.7 Å². The molecular formula is C15H17F3O2. The van der Waals surface area contributed by atoms with Gasteiger partial charge in [0.25, 0.3) is 0 Å². The first kappa shape index (κ1) is 14.9. The van der Waals surface area contributed by atoms with E-state index in [1.165, 1.54) is 6.07 Å². The van der Waals surface area contributed by atoms with Gasteiger partial charge in [0, 0.05) is 0 Å². The highest BCUT2D eigenvalue weighted by Crippen LogP contribution is 2.56. The normalized spacial score (nSPS) is 22.5. The number of hydrogen-bond acceptors (Lipinski definition) is 2. The van der Waals surface area contributed by atoms with Gasteiger partial charge in [0.2, 0.25) is 0 Å². The zero-order valence-corrected chi connectivity index (χ0v) is 11.6. The minimum atomic E-state index is -4.16. The number of carbonyl (C=O) groups excluding carboxylic acids is 1. The fraction of sp³-hybridized carbons (Fsp3) is 0.533. The first-order valence-corrected chi connectivity index (χ1v) is 6.48. The molecule has 1 aromatic rings. The average molecular weight is 286 g/mol. The molecule has 0 bridgehead atoms. The lowest BCUT2D eigenvalue weighted by atomic mass is 10.1. The molecule has 0 N–H and O–H groups in total. The van der Waals surface area contributed by atoms with Crippen molar-refractivity contribution in [3.8, 4) is 0 Å². The van der Waals surface area contributed by atoms with Gasteiger partial charge < -0.3 is 4.74 Å². The SMILES string of the molecule is CC(C)(C)OC(=O)c1cccc([C@@H]2C[C@H]2C(F)(F)F)c1. The Kier molecular flexibility index (Phi) is 3.56. The lowest BCUT2D eigenvalue weighted by Crippen LogP contribution is -2.23. The molecule has 0 amide bonds. The molecule has 1 aromatic carbocycles. The van der Waals surface area contributed by atoms with E-state index in [4.69, 9.17) is 4.74 Å². The number of halogens is 3. The van der Waals surface area contributed by atoms with Crippen LogP contribution in [-0.2, 0) is 4.74 Å². The number of ether oxygens (including phenoxy) is 1. The molecule has 0 unspecified atom stereocenters. The average Bonchev–Trinajstić information content (AvgIpc) is 3.06. The van der Waals surface area contributed by atoms with Crippen LogP contribution < -0.4 is 0 Å². The molecule has 1 aliphatic carbocycles. The van der Waals surface area contributed by atoms with Gasteiger partial charge in [-0.25, -0.2) is 4.79 Å². The Balaban J connectivity index is 2.12. The molecule has 20 heavy (non-hydrogen) atoms. The molecule has 0 spiro atoms. The summed E-state index contributed by atoms with van der Waals surface area (Å²) in [6.45, 7) is 5.24. The Hall–Kier alpha value is -1.52. The highest BCUT2D eigenvalue weighted by atomic mass is 19.4. The highest BCUT2D eigenvalue weighted by molar-refractivity contribution is 5.89. The molecule has 1 aliphatic rings. The predicted octanol–water partition coefficient (Wildman–Crippen LogP) is 4.31. The standard InChI is InChI=1S/C15H17F3O2/c1-14(2,3)20-13(19)10-6-4-5-9(7-10)11-8-12(11)15(16,17)18/h4-7,11-12H,8H2,1-3H3/t11-,12+/m0/s1. The predicted molar refractivity (Wildman–Crippen MR) is 68.5 cm³/mol. The molecule has 0 aromatic heterocycles. The summed E-state index contributed by atoms with van der Waals surface area (Å²) < 4.78 is 42.9. The van der Waals surface area contributed by atoms with Crippen LogP contribution in [0.4, 0.5) is 13.2 Å². The van der Waals surface area contributed by atoms with Gasteiger partial charge in [0.05, 0.1) is 11.5 Å². The first-order valence-electron chi connectivity index (χ1n) is 6.48. The molecule has 0 aliphatic heterocycles. The molecule has 2 atom stereocenters. The van der Waals surface area contributed by atoms with E-state index >= 15 is 0 Å². The van der Waals surface area contributed by atoms with Crippen LogP contribution in [0.3, 0.4) is 0 Å². The minimum absolute atomic E-state index is 0.0985. The van der Waals surface area contributed by atoms with Gasteiger partial charge in [0.15, 0.2) is 0 Å². The van der Waals surface area contributed by atoms with Crippen LogP contribution >= 0.6 is 0 Å². The zero-order valence-electron chi connectivity index (χ0n) is 11.6. The molecule has 110 valence electrons. The number of hydrogen-bond donors (Lipinski definition) is 0. The van der Waals surface area contributed by atoms with Crippen molar-refractivity contribution >= 4 is 5.97 Å². The number of benzene rings is 1.